The highest BCUT2D eigenvalue weighted by Crippen LogP contribution is 2.68. The molecule has 6 atom stereocenters. The van der Waals surface area contributed by atoms with E-state index in [0.29, 0.717) is 16.4 Å². The van der Waals surface area contributed by atoms with Gasteiger partial charge in [0.2, 0.25) is 17.7 Å². The van der Waals surface area contributed by atoms with Gasteiger partial charge in [-0.1, -0.05) is 36.7 Å². The molecule has 3 aliphatic heterocycles. The molecule has 0 aromatic heterocycles. The number of hydrogen-bond acceptors (Lipinski definition) is 5. The lowest BCUT2D eigenvalue weighted by molar-refractivity contribution is -0.138. The van der Waals surface area contributed by atoms with E-state index in [0.717, 1.165) is 6.42 Å². The molecule has 34 heavy (non-hydrogen) atoms. The van der Waals surface area contributed by atoms with Crippen molar-refractivity contribution in [2.75, 3.05) is 23.8 Å². The van der Waals surface area contributed by atoms with Gasteiger partial charge < -0.3 is 20.6 Å². The number of nitrogens with one attached hydrogen (secondary N) is 2. The number of amides is 3. The first-order valence-electron chi connectivity index (χ1n) is 11.4. The van der Waals surface area contributed by atoms with Gasteiger partial charge in [0.15, 0.2) is 0 Å². The minimum absolute atomic E-state index is 0.0424. The van der Waals surface area contributed by atoms with Crippen LogP contribution in [0, 0.1) is 17.8 Å². The lowest BCUT2D eigenvalue weighted by atomic mass is 9.66. The van der Waals surface area contributed by atoms with Crippen LogP contribution in [0.15, 0.2) is 54.6 Å². The summed E-state index contributed by atoms with van der Waals surface area (Å²) in [6.45, 7) is 1.84. The molecular weight excluding hydrogens is 474 g/mol. The van der Waals surface area contributed by atoms with Gasteiger partial charge in [0.25, 0.3) is 0 Å². The quantitative estimate of drug-likeness (QED) is 0.566. The minimum Gasteiger partial charge on any atom is -0.395 e. The van der Waals surface area contributed by atoms with Crippen LogP contribution in [0.1, 0.15) is 13.3 Å². The number of β-amino-alcohol motifs (C(OH)–C–C–N with tert-alkyl or cyclic N) is 1. The van der Waals surface area contributed by atoms with Gasteiger partial charge in [0, 0.05) is 28.2 Å². The average Bonchev–Trinajstić information content (AvgIpc) is 3.40. The van der Waals surface area contributed by atoms with Gasteiger partial charge in [-0.15, -0.1) is 11.8 Å². The monoisotopic (exact) mass is 499 g/mol. The molecule has 3 heterocycles. The van der Waals surface area contributed by atoms with E-state index in [1.54, 1.807) is 36.0 Å². The third-order valence-electron chi connectivity index (χ3n) is 7.29. The second kappa shape index (κ2) is 8.91. The van der Waals surface area contributed by atoms with Crippen molar-refractivity contribution in [2.24, 2.45) is 17.8 Å². The number of aliphatic hydroxyl groups excluding tert-OH is 1. The molecule has 0 radical (unpaired) electrons. The van der Waals surface area contributed by atoms with Crippen LogP contribution in [0.4, 0.5) is 11.4 Å². The van der Waals surface area contributed by atoms with Crippen LogP contribution >= 0.6 is 23.4 Å². The fourth-order valence-electron chi connectivity index (χ4n) is 5.96. The highest BCUT2D eigenvalue weighted by Gasteiger charge is 2.75. The van der Waals surface area contributed by atoms with Crippen LogP contribution in [-0.4, -0.2) is 56.9 Å². The smallest absolute Gasteiger partial charge is 0.248 e. The van der Waals surface area contributed by atoms with Crippen LogP contribution in [0.2, 0.25) is 5.02 Å². The average molecular weight is 500 g/mol. The summed E-state index contributed by atoms with van der Waals surface area (Å²) in [7, 11) is 0. The molecule has 2 bridgehead atoms. The summed E-state index contributed by atoms with van der Waals surface area (Å²) in [5.74, 6) is -1.85. The summed E-state index contributed by atoms with van der Waals surface area (Å²) >= 11 is 7.57. The number of carbonyl (C=O) groups excluding carboxylic acids is 3. The van der Waals surface area contributed by atoms with E-state index in [4.69, 9.17) is 11.6 Å². The highest BCUT2D eigenvalue weighted by molar-refractivity contribution is 8.02. The maximum absolute atomic E-state index is 13.7. The van der Waals surface area contributed by atoms with Crippen molar-refractivity contribution < 1.29 is 19.5 Å². The van der Waals surface area contributed by atoms with E-state index >= 15 is 0 Å². The molecule has 9 heteroatoms. The van der Waals surface area contributed by atoms with Gasteiger partial charge >= 0.3 is 0 Å². The number of anilines is 2. The van der Waals surface area contributed by atoms with E-state index in [-0.39, 0.29) is 42.0 Å². The Kier molecular flexibility index (Phi) is 6.08. The standard InChI is InChI=1S/C25H26ClN3O4S/c1-14-13-18-19(22(31)27-16-5-3-2-4-6-16)20-24(33)29(11-12-30)21(25(14,20)34-18)23(32)28-17-9-7-15(26)8-10-17/h2-10,14,18-21,30H,11-13H2,1H3,(H,27,31)(H,28,32)/t14?,18-,19+,20+,21?,25?/m1/s1. The fraction of sp³-hybridized carbons (Fsp3) is 0.400. The van der Waals surface area contributed by atoms with E-state index < -0.39 is 22.6 Å². The van der Waals surface area contributed by atoms with Crippen molar-refractivity contribution >= 4 is 52.5 Å². The number of hydrogen-bond donors (Lipinski definition) is 3. The lowest BCUT2D eigenvalue weighted by Crippen LogP contribution is -2.55. The van der Waals surface area contributed by atoms with Gasteiger partial charge in [-0.05, 0) is 48.7 Å². The molecule has 7 nitrogen and oxygen atoms in total. The summed E-state index contributed by atoms with van der Waals surface area (Å²) in [6.07, 6.45) is 0.749. The van der Waals surface area contributed by atoms with Crippen molar-refractivity contribution in [3.8, 4) is 0 Å². The predicted molar refractivity (Wildman–Crippen MR) is 133 cm³/mol. The Morgan fingerprint density at radius 1 is 1.09 bits per heavy atom. The Morgan fingerprint density at radius 3 is 2.41 bits per heavy atom. The van der Waals surface area contributed by atoms with Gasteiger partial charge in [-0.2, -0.15) is 0 Å². The number of aliphatic hydroxyl groups is 1. The van der Waals surface area contributed by atoms with Crippen LogP contribution in [0.25, 0.3) is 0 Å². The van der Waals surface area contributed by atoms with E-state index in [1.807, 2.05) is 30.3 Å². The molecule has 3 saturated heterocycles. The van der Waals surface area contributed by atoms with Crippen LogP contribution in [-0.2, 0) is 14.4 Å². The minimum atomic E-state index is -0.785. The van der Waals surface area contributed by atoms with Crippen LogP contribution in [0.3, 0.4) is 0 Å². The molecular formula is C25H26ClN3O4S. The fourth-order valence-corrected chi connectivity index (χ4v) is 8.51. The first-order chi connectivity index (χ1) is 16.4. The van der Waals surface area contributed by atoms with Gasteiger partial charge in [0.05, 0.1) is 23.2 Å². The maximum Gasteiger partial charge on any atom is 0.248 e. The zero-order valence-electron chi connectivity index (χ0n) is 18.6. The molecule has 3 amide bonds. The molecule has 2 aromatic carbocycles. The van der Waals surface area contributed by atoms with Crippen molar-refractivity contribution in [3.05, 3.63) is 59.6 Å². The number of nitrogens with zero attached hydrogens (tertiary/aromatic N) is 1. The molecule has 1 spiro atoms. The largest absolute Gasteiger partial charge is 0.395 e. The summed E-state index contributed by atoms with van der Waals surface area (Å²) in [5, 5.41) is 16.1. The van der Waals surface area contributed by atoms with Crippen LogP contribution in [0.5, 0.6) is 0 Å². The van der Waals surface area contributed by atoms with E-state index in [2.05, 4.69) is 17.6 Å². The molecule has 3 N–H and O–H groups in total. The topological polar surface area (TPSA) is 98.7 Å². The molecule has 0 saturated carbocycles. The molecule has 178 valence electrons. The number of halogens is 1. The number of para-hydroxylation sites is 1. The van der Waals surface area contributed by atoms with Gasteiger partial charge in [-0.3, -0.25) is 14.4 Å². The Hall–Kier alpha value is -2.55. The second-order valence-corrected chi connectivity index (χ2v) is 11.1. The normalized spacial score (nSPS) is 31.4. The van der Waals surface area contributed by atoms with Crippen molar-refractivity contribution in [3.63, 3.8) is 0 Å². The Balaban J connectivity index is 1.48. The third-order valence-corrected chi connectivity index (χ3v) is 9.62. The molecule has 3 fully saturated rings. The molecule has 3 aliphatic rings. The summed E-state index contributed by atoms with van der Waals surface area (Å²) < 4.78 is -0.730. The van der Waals surface area contributed by atoms with Crippen LogP contribution < -0.4 is 10.6 Å². The third kappa shape index (κ3) is 3.59. The number of benzene rings is 2. The Labute approximate surface area is 207 Å². The molecule has 0 aliphatic carbocycles. The molecule has 2 aromatic rings. The number of carbonyl (C=O) groups is 3. The summed E-state index contributed by atoms with van der Waals surface area (Å²) in [4.78, 5) is 42.2. The number of likely N-dealkylation sites (tertiary alicyclic amines) is 1. The number of thioether (sulfide) groups is 1. The maximum atomic E-state index is 13.7. The molecule has 5 rings (SSSR count). The van der Waals surface area contributed by atoms with Gasteiger partial charge in [-0.25, -0.2) is 0 Å². The summed E-state index contributed by atoms with van der Waals surface area (Å²) in [5.41, 5.74) is 1.26. The zero-order chi connectivity index (χ0) is 24.0. The highest BCUT2D eigenvalue weighted by atomic mass is 35.5. The first kappa shape index (κ1) is 23.2. The predicted octanol–water partition coefficient (Wildman–Crippen LogP) is 3.25. The number of fused-ring (bicyclic) bond motifs is 1. The Morgan fingerprint density at radius 2 is 1.74 bits per heavy atom. The van der Waals surface area contributed by atoms with Crippen molar-refractivity contribution in [1.29, 1.82) is 0 Å². The van der Waals surface area contributed by atoms with Crippen molar-refractivity contribution in [1.82, 2.24) is 4.90 Å². The lowest BCUT2D eigenvalue weighted by Gasteiger charge is -2.38. The van der Waals surface area contributed by atoms with E-state index in [9.17, 15) is 19.5 Å². The van der Waals surface area contributed by atoms with Crippen molar-refractivity contribution in [2.45, 2.75) is 29.4 Å². The Bertz CT molecular complexity index is 1110. The second-order valence-electron chi connectivity index (χ2n) is 9.16. The number of rotatable bonds is 6. The van der Waals surface area contributed by atoms with E-state index in [1.165, 1.54) is 4.90 Å². The SMILES string of the molecule is CC1C[C@H]2SC13C(C(=O)Nc1ccc(Cl)cc1)N(CCO)C(=O)[C@@H]3[C@H]2C(=O)Nc1ccccc1. The molecule has 3 unspecified atom stereocenters. The first-order valence-corrected chi connectivity index (χ1v) is 12.6. The summed E-state index contributed by atoms with van der Waals surface area (Å²) in [6, 6.07) is 15.2. The van der Waals surface area contributed by atoms with Gasteiger partial charge in [0.1, 0.15) is 6.04 Å². The zero-order valence-corrected chi connectivity index (χ0v) is 20.2.